The number of nitrogens with zero attached hydrogens (tertiary/aromatic N) is 2. The van der Waals surface area contributed by atoms with E-state index < -0.39 is 0 Å². The maximum absolute atomic E-state index is 5.86. The minimum absolute atomic E-state index is 0.521. The maximum atomic E-state index is 5.86. The number of hydrogen-bond acceptors (Lipinski definition) is 4. The summed E-state index contributed by atoms with van der Waals surface area (Å²) in [5.74, 6) is 1.49. The molecule has 3 nitrogen and oxygen atoms in total. The Bertz CT molecular complexity index is 337. The average Bonchev–Trinajstić information content (AvgIpc) is 2.13. The van der Waals surface area contributed by atoms with E-state index in [0.717, 1.165) is 29.3 Å². The van der Waals surface area contributed by atoms with Crippen LogP contribution in [0.2, 0.25) is 0 Å². The van der Waals surface area contributed by atoms with Crippen LogP contribution in [0.3, 0.4) is 0 Å². The first kappa shape index (κ1) is 12.3. The van der Waals surface area contributed by atoms with Crippen molar-refractivity contribution in [1.29, 1.82) is 0 Å². The number of aryl methyl sites for hydroxylation is 1. The van der Waals surface area contributed by atoms with Gasteiger partial charge in [0.15, 0.2) is 0 Å². The lowest BCUT2D eigenvalue weighted by atomic mass is 10.3. The van der Waals surface area contributed by atoms with Crippen molar-refractivity contribution >= 4 is 17.6 Å². The number of aromatic nitrogens is 2. The first-order valence-electron chi connectivity index (χ1n) is 5.34. The lowest BCUT2D eigenvalue weighted by Crippen LogP contribution is -2.05. The van der Waals surface area contributed by atoms with Crippen molar-refractivity contribution in [2.24, 2.45) is 0 Å². The molecule has 0 atom stereocenters. The zero-order valence-corrected chi connectivity index (χ0v) is 10.7. The summed E-state index contributed by atoms with van der Waals surface area (Å²) in [6, 6.07) is 0. The zero-order chi connectivity index (χ0) is 11.4. The number of nitrogen functional groups attached to an aromatic ring is 1. The minimum atomic E-state index is 0.521. The molecule has 1 aromatic rings. The van der Waals surface area contributed by atoms with E-state index >= 15 is 0 Å². The Kier molecular flexibility index (Phi) is 4.39. The second-order valence-corrected chi connectivity index (χ2v) is 5.44. The summed E-state index contributed by atoms with van der Waals surface area (Å²) in [7, 11) is 0. The Morgan fingerprint density at radius 1 is 1.33 bits per heavy atom. The zero-order valence-electron chi connectivity index (χ0n) is 9.87. The summed E-state index contributed by atoms with van der Waals surface area (Å²) in [6.45, 7) is 8.41. The van der Waals surface area contributed by atoms with Crippen LogP contribution in [0.4, 0.5) is 5.82 Å². The van der Waals surface area contributed by atoms with E-state index in [1.54, 1.807) is 11.8 Å². The van der Waals surface area contributed by atoms with Crippen molar-refractivity contribution in [3.63, 3.8) is 0 Å². The molecule has 84 valence electrons. The number of nitrogens with two attached hydrogens (primary N) is 1. The standard InChI is InChI=1S/C11H19N3S/c1-5-6-9-13-10(12)8(4)11(14-9)15-7(2)3/h7H,5-6H2,1-4H3,(H2,12,13,14). The summed E-state index contributed by atoms with van der Waals surface area (Å²) >= 11 is 1.75. The van der Waals surface area contributed by atoms with E-state index in [1.165, 1.54) is 0 Å². The fraction of sp³-hybridized carbons (Fsp3) is 0.636. The molecule has 0 aliphatic rings. The first-order valence-corrected chi connectivity index (χ1v) is 6.22. The summed E-state index contributed by atoms with van der Waals surface area (Å²) in [5, 5.41) is 1.55. The molecule has 0 amide bonds. The van der Waals surface area contributed by atoms with Gasteiger partial charge in [0, 0.05) is 17.2 Å². The molecule has 15 heavy (non-hydrogen) atoms. The van der Waals surface area contributed by atoms with Crippen LogP contribution < -0.4 is 5.73 Å². The highest BCUT2D eigenvalue weighted by Crippen LogP contribution is 2.26. The third-order valence-electron chi connectivity index (χ3n) is 2.01. The van der Waals surface area contributed by atoms with E-state index in [2.05, 4.69) is 30.7 Å². The SMILES string of the molecule is CCCc1nc(N)c(C)c(SC(C)C)n1. The molecule has 1 aromatic heterocycles. The van der Waals surface area contributed by atoms with Gasteiger partial charge in [0.25, 0.3) is 0 Å². The molecule has 0 spiro atoms. The fourth-order valence-electron chi connectivity index (χ4n) is 1.23. The fourth-order valence-corrected chi connectivity index (χ4v) is 2.12. The van der Waals surface area contributed by atoms with Crippen LogP contribution in [-0.4, -0.2) is 15.2 Å². The van der Waals surface area contributed by atoms with E-state index in [-0.39, 0.29) is 0 Å². The van der Waals surface area contributed by atoms with Gasteiger partial charge in [-0.2, -0.15) is 0 Å². The maximum Gasteiger partial charge on any atom is 0.132 e. The topological polar surface area (TPSA) is 51.8 Å². The van der Waals surface area contributed by atoms with Gasteiger partial charge in [0.05, 0.1) is 0 Å². The predicted molar refractivity (Wildman–Crippen MR) is 66.2 cm³/mol. The predicted octanol–water partition coefficient (Wildman–Crippen LogP) is 2.82. The average molecular weight is 225 g/mol. The van der Waals surface area contributed by atoms with Crippen molar-refractivity contribution in [2.75, 3.05) is 5.73 Å². The van der Waals surface area contributed by atoms with Gasteiger partial charge in [0.2, 0.25) is 0 Å². The highest BCUT2D eigenvalue weighted by molar-refractivity contribution is 7.99. The molecule has 0 bridgehead atoms. The van der Waals surface area contributed by atoms with Crippen LogP contribution in [0, 0.1) is 6.92 Å². The van der Waals surface area contributed by atoms with Crippen molar-refractivity contribution in [3.8, 4) is 0 Å². The number of rotatable bonds is 4. The monoisotopic (exact) mass is 225 g/mol. The van der Waals surface area contributed by atoms with Gasteiger partial charge >= 0.3 is 0 Å². The number of anilines is 1. The van der Waals surface area contributed by atoms with Crippen molar-refractivity contribution < 1.29 is 0 Å². The van der Waals surface area contributed by atoms with Crippen LogP contribution in [0.25, 0.3) is 0 Å². The van der Waals surface area contributed by atoms with Gasteiger partial charge in [-0.15, -0.1) is 11.8 Å². The molecular weight excluding hydrogens is 206 g/mol. The quantitative estimate of drug-likeness (QED) is 0.632. The second-order valence-electron chi connectivity index (χ2n) is 3.87. The Morgan fingerprint density at radius 3 is 2.53 bits per heavy atom. The van der Waals surface area contributed by atoms with Gasteiger partial charge in [0.1, 0.15) is 16.7 Å². The van der Waals surface area contributed by atoms with Crippen LogP contribution in [0.5, 0.6) is 0 Å². The molecule has 0 aliphatic carbocycles. The van der Waals surface area contributed by atoms with Gasteiger partial charge in [-0.3, -0.25) is 0 Å². The normalized spacial score (nSPS) is 11.0. The minimum Gasteiger partial charge on any atom is -0.383 e. The smallest absolute Gasteiger partial charge is 0.132 e. The highest BCUT2D eigenvalue weighted by Gasteiger charge is 2.10. The van der Waals surface area contributed by atoms with Crippen molar-refractivity contribution in [1.82, 2.24) is 9.97 Å². The van der Waals surface area contributed by atoms with E-state index in [1.807, 2.05) is 6.92 Å². The first-order chi connectivity index (χ1) is 7.04. The largest absolute Gasteiger partial charge is 0.383 e. The molecule has 0 saturated carbocycles. The molecule has 0 unspecified atom stereocenters. The molecular formula is C11H19N3S. The Hall–Kier alpha value is -0.770. The van der Waals surface area contributed by atoms with Crippen LogP contribution in [0.1, 0.15) is 38.6 Å². The molecule has 0 aliphatic heterocycles. The second kappa shape index (κ2) is 5.35. The Morgan fingerprint density at radius 2 is 2.00 bits per heavy atom. The van der Waals surface area contributed by atoms with Gasteiger partial charge < -0.3 is 5.73 Å². The van der Waals surface area contributed by atoms with E-state index in [0.29, 0.717) is 11.1 Å². The lowest BCUT2D eigenvalue weighted by Gasteiger charge is -2.10. The van der Waals surface area contributed by atoms with Gasteiger partial charge in [-0.05, 0) is 13.3 Å². The summed E-state index contributed by atoms with van der Waals surface area (Å²) in [5.41, 5.74) is 6.87. The molecule has 0 aromatic carbocycles. The summed E-state index contributed by atoms with van der Waals surface area (Å²) in [4.78, 5) is 8.82. The number of hydrogen-bond donors (Lipinski definition) is 1. The highest BCUT2D eigenvalue weighted by atomic mass is 32.2. The third kappa shape index (κ3) is 3.38. The molecule has 2 N–H and O–H groups in total. The van der Waals surface area contributed by atoms with Crippen molar-refractivity contribution in [3.05, 3.63) is 11.4 Å². The Balaban J connectivity index is 3.01. The van der Waals surface area contributed by atoms with Crippen molar-refractivity contribution in [2.45, 2.75) is 50.8 Å². The Labute approximate surface area is 95.9 Å². The lowest BCUT2D eigenvalue weighted by molar-refractivity contribution is 0.804. The molecule has 0 saturated heterocycles. The summed E-state index contributed by atoms with van der Waals surface area (Å²) < 4.78 is 0. The van der Waals surface area contributed by atoms with Gasteiger partial charge in [-0.25, -0.2) is 9.97 Å². The van der Waals surface area contributed by atoms with Crippen LogP contribution >= 0.6 is 11.8 Å². The molecule has 0 fully saturated rings. The van der Waals surface area contributed by atoms with Crippen LogP contribution in [0.15, 0.2) is 5.03 Å². The van der Waals surface area contributed by atoms with Gasteiger partial charge in [-0.1, -0.05) is 20.8 Å². The van der Waals surface area contributed by atoms with E-state index in [4.69, 9.17) is 5.73 Å². The van der Waals surface area contributed by atoms with Crippen LogP contribution in [-0.2, 0) is 6.42 Å². The molecule has 1 heterocycles. The summed E-state index contributed by atoms with van der Waals surface area (Å²) in [6.07, 6.45) is 1.95. The molecule has 4 heteroatoms. The number of thioether (sulfide) groups is 1. The van der Waals surface area contributed by atoms with E-state index in [9.17, 15) is 0 Å². The molecule has 1 rings (SSSR count). The third-order valence-corrected chi connectivity index (χ3v) is 3.10. The molecule has 0 radical (unpaired) electrons.